The number of carbonyl (C=O) groups is 1. The zero-order valence-corrected chi connectivity index (χ0v) is 15.7. The van der Waals surface area contributed by atoms with E-state index in [4.69, 9.17) is 14.0 Å². The van der Waals surface area contributed by atoms with Gasteiger partial charge in [0.2, 0.25) is 5.91 Å². The first-order valence-corrected chi connectivity index (χ1v) is 8.48. The highest BCUT2D eigenvalue weighted by Crippen LogP contribution is 2.27. The third-order valence-electron chi connectivity index (χ3n) is 3.76. The third kappa shape index (κ3) is 4.72. The standard InChI is InChI=1S/C18H20N6O4/c1-12-20-18(28-22-12)14-11-24(23-21-14)9-8-19-17(25)7-5-13-4-6-15(26-2)16(10-13)27-3/h4-7,10-11H,8-9H2,1-3H3,(H,19,25)/b7-5+. The molecule has 2 heterocycles. The molecule has 0 bridgehead atoms. The van der Waals surface area contributed by atoms with E-state index < -0.39 is 0 Å². The number of methoxy groups -OCH3 is 2. The Kier molecular flexibility index (Phi) is 6.00. The fourth-order valence-corrected chi connectivity index (χ4v) is 2.39. The van der Waals surface area contributed by atoms with E-state index in [2.05, 4.69) is 25.8 Å². The fourth-order valence-electron chi connectivity index (χ4n) is 2.39. The second-order valence-electron chi connectivity index (χ2n) is 5.75. The summed E-state index contributed by atoms with van der Waals surface area (Å²) in [4.78, 5) is 16.1. The minimum atomic E-state index is -0.220. The quantitative estimate of drug-likeness (QED) is 0.581. The van der Waals surface area contributed by atoms with Crippen LogP contribution in [0.2, 0.25) is 0 Å². The van der Waals surface area contributed by atoms with Gasteiger partial charge in [-0.1, -0.05) is 16.4 Å². The van der Waals surface area contributed by atoms with Gasteiger partial charge < -0.3 is 19.3 Å². The lowest BCUT2D eigenvalue weighted by molar-refractivity contribution is -0.116. The molecule has 146 valence electrons. The fraction of sp³-hybridized carbons (Fsp3) is 0.278. The first-order valence-electron chi connectivity index (χ1n) is 8.48. The minimum Gasteiger partial charge on any atom is -0.493 e. The van der Waals surface area contributed by atoms with Gasteiger partial charge >= 0.3 is 0 Å². The highest BCUT2D eigenvalue weighted by molar-refractivity contribution is 5.91. The van der Waals surface area contributed by atoms with Crippen molar-refractivity contribution in [1.29, 1.82) is 0 Å². The van der Waals surface area contributed by atoms with E-state index in [0.29, 0.717) is 42.0 Å². The van der Waals surface area contributed by atoms with E-state index in [1.165, 1.54) is 6.08 Å². The molecule has 2 aromatic heterocycles. The van der Waals surface area contributed by atoms with Gasteiger partial charge in [0.15, 0.2) is 23.0 Å². The van der Waals surface area contributed by atoms with Crippen LogP contribution in [0.4, 0.5) is 0 Å². The van der Waals surface area contributed by atoms with Crippen LogP contribution in [0.1, 0.15) is 11.4 Å². The monoisotopic (exact) mass is 384 g/mol. The Labute approximate surface area is 161 Å². The van der Waals surface area contributed by atoms with Crippen molar-refractivity contribution >= 4 is 12.0 Å². The number of hydrogen-bond acceptors (Lipinski definition) is 8. The maximum absolute atomic E-state index is 12.0. The molecule has 1 aromatic carbocycles. The molecule has 0 unspecified atom stereocenters. The maximum atomic E-state index is 12.0. The molecular weight excluding hydrogens is 364 g/mol. The predicted molar refractivity (Wildman–Crippen MR) is 99.6 cm³/mol. The Bertz CT molecular complexity index is 978. The lowest BCUT2D eigenvalue weighted by Crippen LogP contribution is -2.25. The number of hydrogen-bond donors (Lipinski definition) is 1. The van der Waals surface area contributed by atoms with Gasteiger partial charge in [-0.25, -0.2) is 4.68 Å². The molecule has 10 heteroatoms. The average molecular weight is 384 g/mol. The molecule has 28 heavy (non-hydrogen) atoms. The highest BCUT2D eigenvalue weighted by atomic mass is 16.5. The van der Waals surface area contributed by atoms with Gasteiger partial charge in [0.1, 0.15) is 0 Å². The van der Waals surface area contributed by atoms with Crippen LogP contribution in [0.3, 0.4) is 0 Å². The van der Waals surface area contributed by atoms with Crippen LogP contribution in [0.25, 0.3) is 17.7 Å². The summed E-state index contributed by atoms with van der Waals surface area (Å²) in [7, 11) is 3.13. The van der Waals surface area contributed by atoms with E-state index in [-0.39, 0.29) is 5.91 Å². The second-order valence-corrected chi connectivity index (χ2v) is 5.75. The van der Waals surface area contributed by atoms with Crippen molar-refractivity contribution in [2.24, 2.45) is 0 Å². The van der Waals surface area contributed by atoms with Crippen molar-refractivity contribution in [1.82, 2.24) is 30.5 Å². The molecule has 0 saturated heterocycles. The summed E-state index contributed by atoms with van der Waals surface area (Å²) in [5, 5.41) is 14.4. The van der Waals surface area contributed by atoms with Crippen LogP contribution in [0.15, 0.2) is 35.0 Å². The smallest absolute Gasteiger partial charge is 0.280 e. The van der Waals surface area contributed by atoms with Crippen LogP contribution >= 0.6 is 0 Å². The average Bonchev–Trinajstić information content (AvgIpc) is 3.35. The van der Waals surface area contributed by atoms with Crippen molar-refractivity contribution in [2.45, 2.75) is 13.5 Å². The molecule has 10 nitrogen and oxygen atoms in total. The largest absolute Gasteiger partial charge is 0.493 e. The molecule has 0 aliphatic heterocycles. The van der Waals surface area contributed by atoms with Crippen LogP contribution in [-0.2, 0) is 11.3 Å². The van der Waals surface area contributed by atoms with Gasteiger partial charge in [-0.2, -0.15) is 4.98 Å². The highest BCUT2D eigenvalue weighted by Gasteiger charge is 2.10. The van der Waals surface area contributed by atoms with Crippen LogP contribution in [0.5, 0.6) is 11.5 Å². The van der Waals surface area contributed by atoms with Crippen LogP contribution in [-0.4, -0.2) is 51.8 Å². The summed E-state index contributed by atoms with van der Waals surface area (Å²) >= 11 is 0. The van der Waals surface area contributed by atoms with Crippen LogP contribution in [0, 0.1) is 6.92 Å². The van der Waals surface area contributed by atoms with E-state index in [1.54, 1.807) is 50.2 Å². The van der Waals surface area contributed by atoms with Gasteiger partial charge in [-0.3, -0.25) is 4.79 Å². The Hall–Kier alpha value is -3.69. The van der Waals surface area contributed by atoms with Gasteiger partial charge in [0.05, 0.1) is 27.0 Å². The number of rotatable bonds is 8. The zero-order chi connectivity index (χ0) is 19.9. The van der Waals surface area contributed by atoms with Crippen molar-refractivity contribution < 1.29 is 18.8 Å². The zero-order valence-electron chi connectivity index (χ0n) is 15.7. The number of carbonyl (C=O) groups excluding carboxylic acids is 1. The maximum Gasteiger partial charge on any atom is 0.280 e. The minimum absolute atomic E-state index is 0.220. The molecule has 0 atom stereocenters. The summed E-state index contributed by atoms with van der Waals surface area (Å²) in [6.07, 6.45) is 4.83. The molecule has 3 aromatic rings. The Morgan fingerprint density at radius 1 is 1.29 bits per heavy atom. The molecule has 0 aliphatic carbocycles. The second kappa shape index (κ2) is 8.80. The van der Waals surface area contributed by atoms with Crippen LogP contribution < -0.4 is 14.8 Å². The van der Waals surface area contributed by atoms with E-state index in [1.807, 2.05) is 6.07 Å². The number of amides is 1. The Morgan fingerprint density at radius 2 is 2.11 bits per heavy atom. The number of benzene rings is 1. The SMILES string of the molecule is COc1ccc(/C=C/C(=O)NCCn2cc(-c3nc(C)no3)nn2)cc1OC. The predicted octanol–water partition coefficient (Wildman–Crippen LogP) is 1.48. The molecule has 0 fully saturated rings. The number of aromatic nitrogens is 5. The number of nitrogens with zero attached hydrogens (tertiary/aromatic N) is 5. The number of aryl methyl sites for hydroxylation is 1. The van der Waals surface area contributed by atoms with Crippen molar-refractivity contribution in [3.8, 4) is 23.1 Å². The first-order chi connectivity index (χ1) is 13.6. The number of ether oxygens (including phenoxy) is 2. The van der Waals surface area contributed by atoms with Crippen molar-refractivity contribution in [3.63, 3.8) is 0 Å². The normalized spacial score (nSPS) is 11.0. The van der Waals surface area contributed by atoms with Crippen molar-refractivity contribution in [2.75, 3.05) is 20.8 Å². The lowest BCUT2D eigenvalue weighted by atomic mass is 10.2. The lowest BCUT2D eigenvalue weighted by Gasteiger charge is -2.07. The molecular formula is C18H20N6O4. The molecule has 0 aliphatic rings. The molecule has 0 radical (unpaired) electrons. The number of nitrogens with one attached hydrogen (secondary N) is 1. The van der Waals surface area contributed by atoms with E-state index in [9.17, 15) is 4.79 Å². The summed E-state index contributed by atoms with van der Waals surface area (Å²) in [5.74, 6) is 1.85. The van der Waals surface area contributed by atoms with Gasteiger partial charge in [0, 0.05) is 12.6 Å². The first kappa shape index (κ1) is 19.1. The third-order valence-corrected chi connectivity index (χ3v) is 3.76. The summed E-state index contributed by atoms with van der Waals surface area (Å²) in [6, 6.07) is 5.41. The topological polar surface area (TPSA) is 117 Å². The van der Waals surface area contributed by atoms with E-state index >= 15 is 0 Å². The summed E-state index contributed by atoms with van der Waals surface area (Å²) < 4.78 is 17.1. The molecule has 3 rings (SSSR count). The Morgan fingerprint density at radius 3 is 2.82 bits per heavy atom. The van der Waals surface area contributed by atoms with Crippen molar-refractivity contribution in [3.05, 3.63) is 41.9 Å². The molecule has 0 spiro atoms. The van der Waals surface area contributed by atoms with E-state index in [0.717, 1.165) is 5.56 Å². The van der Waals surface area contributed by atoms with Gasteiger partial charge in [-0.05, 0) is 30.7 Å². The molecule has 1 N–H and O–H groups in total. The molecule has 1 amide bonds. The van der Waals surface area contributed by atoms with Gasteiger partial charge in [0.25, 0.3) is 5.89 Å². The summed E-state index contributed by atoms with van der Waals surface area (Å²) in [5.41, 5.74) is 1.31. The summed E-state index contributed by atoms with van der Waals surface area (Å²) in [6.45, 7) is 2.57. The van der Waals surface area contributed by atoms with Gasteiger partial charge in [-0.15, -0.1) is 5.10 Å². The molecule has 0 saturated carbocycles. The Balaban J connectivity index is 1.49.